The summed E-state index contributed by atoms with van der Waals surface area (Å²) in [6.45, 7) is 2.21. The lowest BCUT2D eigenvalue weighted by atomic mass is 9.99. The predicted molar refractivity (Wildman–Crippen MR) is 91.8 cm³/mol. The Hall–Kier alpha value is -1.43. The molecule has 1 unspecified atom stereocenters. The Balaban J connectivity index is 1.81. The molecular formula is C16H15BrN2OS. The number of halogens is 1. The van der Waals surface area contributed by atoms with Crippen molar-refractivity contribution in [2.45, 2.75) is 12.5 Å². The van der Waals surface area contributed by atoms with E-state index in [1.807, 2.05) is 47.2 Å². The van der Waals surface area contributed by atoms with Crippen LogP contribution in [0.25, 0.3) is 10.9 Å². The number of rotatable bonds is 4. The maximum absolute atomic E-state index is 10.5. The zero-order chi connectivity index (χ0) is 14.9. The van der Waals surface area contributed by atoms with E-state index in [1.165, 1.54) is 0 Å². The van der Waals surface area contributed by atoms with Crippen LogP contribution in [0, 0.1) is 0 Å². The number of nitrogens with one attached hydrogen (secondary N) is 1. The van der Waals surface area contributed by atoms with E-state index in [9.17, 15) is 5.11 Å². The fourth-order valence-corrected chi connectivity index (χ4v) is 3.40. The molecule has 108 valence electrons. The molecule has 1 atom stereocenters. The van der Waals surface area contributed by atoms with E-state index in [4.69, 9.17) is 0 Å². The Labute approximate surface area is 135 Å². The highest BCUT2D eigenvalue weighted by atomic mass is 79.9. The summed E-state index contributed by atoms with van der Waals surface area (Å²) in [5.74, 6) is 0.755. The molecule has 0 aliphatic heterocycles. The van der Waals surface area contributed by atoms with Gasteiger partial charge in [0.25, 0.3) is 0 Å². The van der Waals surface area contributed by atoms with Gasteiger partial charge >= 0.3 is 0 Å². The second-order valence-corrected chi connectivity index (χ2v) is 6.78. The molecule has 1 aromatic carbocycles. The average Bonchev–Trinajstić information content (AvgIpc) is 3.01. The van der Waals surface area contributed by atoms with Gasteiger partial charge in [-0.05, 0) is 63.4 Å². The zero-order valence-electron chi connectivity index (χ0n) is 11.5. The van der Waals surface area contributed by atoms with E-state index in [0.717, 1.165) is 26.8 Å². The molecule has 0 amide bonds. The largest absolute Gasteiger partial charge is 0.384 e. The number of benzene rings is 1. The summed E-state index contributed by atoms with van der Waals surface area (Å²) in [5.41, 5.74) is 0.921. The number of nitrogens with zero attached hydrogens (tertiary/aromatic N) is 1. The molecule has 0 radical (unpaired) electrons. The number of para-hydroxylation sites is 1. The van der Waals surface area contributed by atoms with Gasteiger partial charge in [0.15, 0.2) is 0 Å². The first-order valence-electron chi connectivity index (χ1n) is 6.60. The molecule has 0 aliphatic rings. The molecule has 2 aromatic heterocycles. The van der Waals surface area contributed by atoms with Gasteiger partial charge in [0.1, 0.15) is 11.4 Å². The average molecular weight is 363 g/mol. The number of aromatic nitrogens is 1. The van der Waals surface area contributed by atoms with Crippen molar-refractivity contribution in [2.75, 3.05) is 11.9 Å². The van der Waals surface area contributed by atoms with E-state index in [0.29, 0.717) is 6.54 Å². The molecule has 2 N–H and O–H groups in total. The summed E-state index contributed by atoms with van der Waals surface area (Å²) in [6, 6.07) is 11.9. The van der Waals surface area contributed by atoms with Gasteiger partial charge < -0.3 is 10.4 Å². The van der Waals surface area contributed by atoms with Crippen molar-refractivity contribution in [3.05, 3.63) is 57.2 Å². The van der Waals surface area contributed by atoms with Crippen LogP contribution in [-0.2, 0) is 5.60 Å². The summed E-state index contributed by atoms with van der Waals surface area (Å²) in [7, 11) is 0. The standard InChI is InChI=1S/C16H15BrN2OS/c1-16(20,12-7-8-21-9-12)10-18-14-6-5-11-3-2-4-13(17)15(11)19-14/h2-9,20H,10H2,1H3,(H,18,19). The molecule has 5 heteroatoms. The lowest BCUT2D eigenvalue weighted by Gasteiger charge is -2.23. The molecule has 3 rings (SSSR count). The quantitative estimate of drug-likeness (QED) is 0.723. The molecule has 0 bridgehead atoms. The van der Waals surface area contributed by atoms with Crippen LogP contribution in [0.1, 0.15) is 12.5 Å². The van der Waals surface area contributed by atoms with Crippen LogP contribution in [0.4, 0.5) is 5.82 Å². The van der Waals surface area contributed by atoms with Gasteiger partial charge in [-0.2, -0.15) is 11.3 Å². The van der Waals surface area contributed by atoms with Crippen molar-refractivity contribution in [2.24, 2.45) is 0 Å². The normalized spacial score (nSPS) is 14.0. The summed E-state index contributed by atoms with van der Waals surface area (Å²) in [4.78, 5) is 4.59. The second-order valence-electron chi connectivity index (χ2n) is 5.15. The Morgan fingerprint density at radius 3 is 2.90 bits per heavy atom. The summed E-state index contributed by atoms with van der Waals surface area (Å²) >= 11 is 5.10. The van der Waals surface area contributed by atoms with Gasteiger partial charge in [0, 0.05) is 16.4 Å². The molecule has 21 heavy (non-hydrogen) atoms. The van der Waals surface area contributed by atoms with Crippen LogP contribution in [0.15, 0.2) is 51.6 Å². The van der Waals surface area contributed by atoms with E-state index in [1.54, 1.807) is 18.3 Å². The first kappa shape index (κ1) is 14.5. The number of pyridine rings is 1. The molecular weight excluding hydrogens is 348 g/mol. The predicted octanol–water partition coefficient (Wildman–Crippen LogP) is 4.38. The van der Waals surface area contributed by atoms with Crippen LogP contribution in [0.3, 0.4) is 0 Å². The third-order valence-corrected chi connectivity index (χ3v) is 4.75. The van der Waals surface area contributed by atoms with Gasteiger partial charge in [-0.1, -0.05) is 12.1 Å². The molecule has 0 fully saturated rings. The van der Waals surface area contributed by atoms with Gasteiger partial charge in [-0.25, -0.2) is 4.98 Å². The maximum Gasteiger partial charge on any atom is 0.126 e. The SMILES string of the molecule is CC(O)(CNc1ccc2cccc(Br)c2n1)c1ccsc1. The molecule has 3 nitrogen and oxygen atoms in total. The minimum Gasteiger partial charge on any atom is -0.384 e. The third kappa shape index (κ3) is 3.10. The minimum absolute atomic E-state index is 0.409. The topological polar surface area (TPSA) is 45.1 Å². The highest BCUT2D eigenvalue weighted by Gasteiger charge is 2.23. The molecule has 0 saturated heterocycles. The number of anilines is 1. The monoisotopic (exact) mass is 362 g/mol. The van der Waals surface area contributed by atoms with Crippen LogP contribution in [0.5, 0.6) is 0 Å². The highest BCUT2D eigenvalue weighted by Crippen LogP contribution is 2.26. The number of hydrogen-bond donors (Lipinski definition) is 2. The van der Waals surface area contributed by atoms with E-state index >= 15 is 0 Å². The lowest BCUT2D eigenvalue weighted by molar-refractivity contribution is 0.0719. The molecule has 3 aromatic rings. The van der Waals surface area contributed by atoms with Crippen molar-refractivity contribution in [3.63, 3.8) is 0 Å². The van der Waals surface area contributed by atoms with E-state index < -0.39 is 5.60 Å². The first-order valence-corrected chi connectivity index (χ1v) is 8.34. The highest BCUT2D eigenvalue weighted by molar-refractivity contribution is 9.10. The lowest BCUT2D eigenvalue weighted by Crippen LogP contribution is -2.30. The van der Waals surface area contributed by atoms with Crippen LogP contribution < -0.4 is 5.32 Å². The summed E-state index contributed by atoms with van der Waals surface area (Å²) in [5, 5.41) is 18.7. The summed E-state index contributed by atoms with van der Waals surface area (Å²) in [6.07, 6.45) is 0. The van der Waals surface area contributed by atoms with Gasteiger partial charge in [-0.15, -0.1) is 0 Å². The molecule has 0 spiro atoms. The Bertz CT molecular complexity index is 756. The fourth-order valence-electron chi connectivity index (χ4n) is 2.15. The fraction of sp³-hybridized carbons (Fsp3) is 0.188. The minimum atomic E-state index is -0.912. The Morgan fingerprint density at radius 2 is 2.14 bits per heavy atom. The van der Waals surface area contributed by atoms with Crippen molar-refractivity contribution < 1.29 is 5.11 Å². The van der Waals surface area contributed by atoms with Crippen LogP contribution in [0.2, 0.25) is 0 Å². The smallest absolute Gasteiger partial charge is 0.126 e. The van der Waals surface area contributed by atoms with Crippen LogP contribution in [-0.4, -0.2) is 16.6 Å². The van der Waals surface area contributed by atoms with E-state index in [-0.39, 0.29) is 0 Å². The third-order valence-electron chi connectivity index (χ3n) is 3.43. The number of hydrogen-bond acceptors (Lipinski definition) is 4. The number of aliphatic hydroxyl groups is 1. The maximum atomic E-state index is 10.5. The zero-order valence-corrected chi connectivity index (χ0v) is 13.9. The molecule has 2 heterocycles. The molecule has 0 aliphatic carbocycles. The first-order chi connectivity index (χ1) is 10.1. The van der Waals surface area contributed by atoms with Crippen LogP contribution >= 0.6 is 27.3 Å². The number of thiophene rings is 1. The van der Waals surface area contributed by atoms with Gasteiger partial charge in [0.2, 0.25) is 0 Å². The second kappa shape index (κ2) is 5.75. The Kier molecular flexibility index (Phi) is 3.97. The van der Waals surface area contributed by atoms with Crippen molar-refractivity contribution >= 4 is 44.0 Å². The van der Waals surface area contributed by atoms with Crippen molar-refractivity contribution in [3.8, 4) is 0 Å². The van der Waals surface area contributed by atoms with Gasteiger partial charge in [-0.3, -0.25) is 0 Å². The van der Waals surface area contributed by atoms with E-state index in [2.05, 4.69) is 26.2 Å². The molecule has 0 saturated carbocycles. The van der Waals surface area contributed by atoms with Crippen molar-refractivity contribution in [1.29, 1.82) is 0 Å². The van der Waals surface area contributed by atoms with Gasteiger partial charge in [0.05, 0.1) is 5.52 Å². The number of fused-ring (bicyclic) bond motifs is 1. The Morgan fingerprint density at radius 1 is 1.29 bits per heavy atom. The van der Waals surface area contributed by atoms with Crippen molar-refractivity contribution in [1.82, 2.24) is 4.98 Å². The summed E-state index contributed by atoms with van der Waals surface area (Å²) < 4.78 is 0.966.